The fraction of sp³-hybridized carbons (Fsp3) is 0.875. The third-order valence-corrected chi connectivity index (χ3v) is 3.90. The molecule has 1 fully saturated rings. The summed E-state index contributed by atoms with van der Waals surface area (Å²) in [5, 5.41) is 3.05. The number of hydrogen-bond acceptors (Lipinski definition) is 5. The van der Waals surface area contributed by atoms with E-state index in [9.17, 15) is 13.2 Å². The van der Waals surface area contributed by atoms with Crippen LogP contribution in [0.3, 0.4) is 0 Å². The molecule has 0 radical (unpaired) electrons. The molecule has 0 aromatic rings. The zero-order chi connectivity index (χ0) is 12.2. The first-order valence-electron chi connectivity index (χ1n) is 5.10. The highest BCUT2D eigenvalue weighted by Gasteiger charge is 2.29. The van der Waals surface area contributed by atoms with E-state index in [0.29, 0.717) is 6.54 Å². The van der Waals surface area contributed by atoms with Gasteiger partial charge in [-0.3, -0.25) is 0 Å². The van der Waals surface area contributed by atoms with Crippen LogP contribution < -0.4 is 10.0 Å². The van der Waals surface area contributed by atoms with Crippen molar-refractivity contribution in [3.05, 3.63) is 0 Å². The second kappa shape index (κ2) is 5.46. The molecule has 16 heavy (non-hydrogen) atoms. The molecule has 0 bridgehead atoms. The number of ether oxygens (including phenoxy) is 1. The van der Waals surface area contributed by atoms with Crippen LogP contribution in [0.2, 0.25) is 0 Å². The molecule has 0 aromatic heterocycles. The molecule has 7 nitrogen and oxygen atoms in total. The van der Waals surface area contributed by atoms with Gasteiger partial charge in [0.05, 0.1) is 6.61 Å². The number of carbonyl (C=O) groups is 1. The largest absolute Gasteiger partial charge is 0.449 e. The highest BCUT2D eigenvalue weighted by atomic mass is 32.2. The van der Waals surface area contributed by atoms with Crippen molar-refractivity contribution in [3.8, 4) is 0 Å². The number of amides is 1. The predicted molar refractivity (Wildman–Crippen MR) is 58.1 cm³/mol. The summed E-state index contributed by atoms with van der Waals surface area (Å²) in [7, 11) is -2.35. The minimum absolute atomic E-state index is 0.119. The topological polar surface area (TPSA) is 87.7 Å². The first-order valence-corrected chi connectivity index (χ1v) is 6.54. The van der Waals surface area contributed by atoms with Crippen molar-refractivity contribution in [3.63, 3.8) is 0 Å². The van der Waals surface area contributed by atoms with Gasteiger partial charge in [0.1, 0.15) is 0 Å². The highest BCUT2D eigenvalue weighted by Crippen LogP contribution is 2.09. The second-order valence-electron chi connectivity index (χ2n) is 3.49. The normalized spacial score (nSPS) is 21.1. The molecule has 0 saturated carbocycles. The first kappa shape index (κ1) is 13.2. The van der Waals surface area contributed by atoms with Crippen molar-refractivity contribution >= 4 is 16.3 Å². The third kappa shape index (κ3) is 3.32. The molecule has 0 aromatic carbocycles. The van der Waals surface area contributed by atoms with Gasteiger partial charge in [-0.15, -0.1) is 0 Å². The van der Waals surface area contributed by atoms with Crippen LogP contribution in [0.25, 0.3) is 0 Å². The third-order valence-electron chi connectivity index (χ3n) is 2.42. The minimum atomic E-state index is -3.80. The van der Waals surface area contributed by atoms with Gasteiger partial charge < -0.3 is 10.1 Å². The van der Waals surface area contributed by atoms with Crippen molar-refractivity contribution in [2.24, 2.45) is 0 Å². The molecule has 1 aliphatic rings. The number of rotatable bonds is 4. The summed E-state index contributed by atoms with van der Waals surface area (Å²) in [6.45, 7) is 3.12. The molecule has 1 saturated heterocycles. The highest BCUT2D eigenvalue weighted by molar-refractivity contribution is 7.87. The van der Waals surface area contributed by atoms with Crippen LogP contribution in [-0.2, 0) is 14.9 Å². The molecular formula is C8H17N3O4S. The van der Waals surface area contributed by atoms with Crippen LogP contribution >= 0.6 is 0 Å². The van der Waals surface area contributed by atoms with Crippen LogP contribution in [0.5, 0.6) is 0 Å². The van der Waals surface area contributed by atoms with Crippen molar-refractivity contribution in [1.29, 1.82) is 0 Å². The summed E-state index contributed by atoms with van der Waals surface area (Å²) < 4.78 is 30.9. The number of likely N-dealkylation sites (N-methyl/N-ethyl adjacent to an activating group) is 1. The fourth-order valence-electron chi connectivity index (χ4n) is 1.48. The van der Waals surface area contributed by atoms with Gasteiger partial charge in [0.2, 0.25) is 0 Å². The summed E-state index contributed by atoms with van der Waals surface area (Å²) in [6, 6.07) is -0.119. The van der Waals surface area contributed by atoms with Crippen LogP contribution in [0.15, 0.2) is 0 Å². The molecule has 1 rings (SSSR count). The molecular weight excluding hydrogens is 234 g/mol. The van der Waals surface area contributed by atoms with E-state index in [4.69, 9.17) is 0 Å². The van der Waals surface area contributed by atoms with Crippen molar-refractivity contribution < 1.29 is 17.9 Å². The number of nitrogens with zero attached hydrogens (tertiary/aromatic N) is 1. The Morgan fingerprint density at radius 1 is 1.62 bits per heavy atom. The summed E-state index contributed by atoms with van der Waals surface area (Å²) >= 11 is 0. The summed E-state index contributed by atoms with van der Waals surface area (Å²) in [6.07, 6.45) is -0.208. The summed E-state index contributed by atoms with van der Waals surface area (Å²) in [5.41, 5.74) is 0. The van der Waals surface area contributed by atoms with E-state index in [1.807, 2.05) is 4.72 Å². The molecule has 1 atom stereocenters. The van der Waals surface area contributed by atoms with Crippen LogP contribution in [0.1, 0.15) is 13.3 Å². The Hall–Kier alpha value is -0.860. The molecule has 1 unspecified atom stereocenters. The Balaban J connectivity index is 2.58. The molecule has 1 heterocycles. The Kier molecular flexibility index (Phi) is 4.51. The van der Waals surface area contributed by atoms with Gasteiger partial charge in [0.15, 0.2) is 0 Å². The first-order chi connectivity index (χ1) is 7.47. The quantitative estimate of drug-likeness (QED) is 0.688. The van der Waals surface area contributed by atoms with Gasteiger partial charge in [-0.25, -0.2) is 9.52 Å². The average molecular weight is 251 g/mol. The van der Waals surface area contributed by atoms with Gasteiger partial charge >= 0.3 is 16.3 Å². The van der Waals surface area contributed by atoms with Gasteiger partial charge in [0, 0.05) is 19.6 Å². The van der Waals surface area contributed by atoms with E-state index in [-0.39, 0.29) is 12.6 Å². The smallest absolute Gasteiger partial charge is 0.421 e. The van der Waals surface area contributed by atoms with Gasteiger partial charge in [-0.2, -0.15) is 12.7 Å². The van der Waals surface area contributed by atoms with E-state index < -0.39 is 16.3 Å². The SMILES string of the molecule is CCOC(=O)NS(=O)(=O)N(C)C1CCNC1. The second-order valence-corrected chi connectivity index (χ2v) is 5.22. The van der Waals surface area contributed by atoms with Crippen LogP contribution in [0, 0.1) is 0 Å². The van der Waals surface area contributed by atoms with Crippen LogP contribution in [0.4, 0.5) is 4.79 Å². The van der Waals surface area contributed by atoms with E-state index >= 15 is 0 Å². The molecule has 94 valence electrons. The van der Waals surface area contributed by atoms with Gasteiger partial charge in [-0.1, -0.05) is 0 Å². The Morgan fingerprint density at radius 3 is 2.81 bits per heavy atom. The summed E-state index contributed by atoms with van der Waals surface area (Å²) in [5.74, 6) is 0. The van der Waals surface area contributed by atoms with Crippen LogP contribution in [-0.4, -0.2) is 51.6 Å². The van der Waals surface area contributed by atoms with Gasteiger partial charge in [0.25, 0.3) is 0 Å². The average Bonchev–Trinajstić information content (AvgIpc) is 2.68. The Bertz CT molecular complexity index is 337. The standard InChI is InChI=1S/C8H17N3O4S/c1-3-15-8(12)10-16(13,14)11(2)7-4-5-9-6-7/h7,9H,3-6H2,1-2H3,(H,10,12). The monoisotopic (exact) mass is 251 g/mol. The lowest BCUT2D eigenvalue weighted by atomic mass is 10.3. The van der Waals surface area contributed by atoms with E-state index in [1.165, 1.54) is 7.05 Å². The lowest BCUT2D eigenvalue weighted by Crippen LogP contribution is -2.47. The molecule has 0 spiro atoms. The lowest BCUT2D eigenvalue weighted by molar-refractivity contribution is 0.158. The van der Waals surface area contributed by atoms with Crippen molar-refractivity contribution in [1.82, 2.24) is 14.3 Å². The van der Waals surface area contributed by atoms with Crippen molar-refractivity contribution in [2.45, 2.75) is 19.4 Å². The molecule has 2 N–H and O–H groups in total. The summed E-state index contributed by atoms with van der Waals surface area (Å²) in [4.78, 5) is 11.0. The maximum Gasteiger partial charge on any atom is 0.421 e. The van der Waals surface area contributed by atoms with Crippen molar-refractivity contribution in [2.75, 3.05) is 26.7 Å². The number of nitrogens with one attached hydrogen (secondary N) is 2. The van der Waals surface area contributed by atoms with Gasteiger partial charge in [-0.05, 0) is 19.9 Å². The number of carbonyl (C=O) groups excluding carboxylic acids is 1. The van der Waals surface area contributed by atoms with E-state index in [0.717, 1.165) is 17.3 Å². The predicted octanol–water partition coefficient (Wildman–Crippen LogP) is -0.729. The molecule has 0 aliphatic carbocycles. The zero-order valence-electron chi connectivity index (χ0n) is 9.39. The zero-order valence-corrected chi connectivity index (χ0v) is 10.2. The Labute approximate surface area is 95.3 Å². The van der Waals surface area contributed by atoms with E-state index in [1.54, 1.807) is 6.92 Å². The molecule has 1 amide bonds. The number of hydrogen-bond donors (Lipinski definition) is 2. The molecule has 1 aliphatic heterocycles. The molecule has 8 heteroatoms. The van der Waals surface area contributed by atoms with E-state index in [2.05, 4.69) is 10.1 Å². The lowest BCUT2D eigenvalue weighted by Gasteiger charge is -2.22. The maximum atomic E-state index is 11.7. The Morgan fingerprint density at radius 2 is 2.31 bits per heavy atom. The maximum absolute atomic E-state index is 11.7. The fourth-order valence-corrected chi connectivity index (χ4v) is 2.47. The minimum Gasteiger partial charge on any atom is -0.449 e.